The first-order valence-corrected chi connectivity index (χ1v) is 7.54. The number of fused-ring (bicyclic) bond motifs is 1. The molecule has 0 unspecified atom stereocenters. The van der Waals surface area contributed by atoms with Crippen LogP contribution in [0.5, 0.6) is 0 Å². The molecule has 2 aromatic rings. The molecular weight excluding hydrogens is 250 g/mol. The van der Waals surface area contributed by atoms with Gasteiger partial charge >= 0.3 is 0 Å². The van der Waals surface area contributed by atoms with Crippen LogP contribution in [0.4, 0.5) is 4.39 Å². The van der Waals surface area contributed by atoms with Crippen LogP contribution in [0.25, 0.3) is 11.0 Å². The third kappa shape index (κ3) is 2.36. The van der Waals surface area contributed by atoms with Crippen LogP contribution in [0.2, 0.25) is 0 Å². The second-order valence-electron chi connectivity index (χ2n) is 6.00. The Morgan fingerprint density at radius 1 is 1.15 bits per heavy atom. The molecule has 20 heavy (non-hydrogen) atoms. The number of aromatic nitrogens is 2. The van der Waals surface area contributed by atoms with E-state index in [1.165, 1.54) is 25.3 Å². The zero-order valence-electron chi connectivity index (χ0n) is 12.0. The standard InChI is InChI=1S/C16H20BFN2/c1-12-19-14-8-7-13(18)11-15(14)20(12)16(17)9-5-3-2-4-6-10-16/h7-8,11H,2-6,9-10H2,1H3. The lowest BCUT2D eigenvalue weighted by molar-refractivity contribution is 0.323. The minimum Gasteiger partial charge on any atom is -0.331 e. The molecule has 2 nitrogen and oxygen atoms in total. The van der Waals surface area contributed by atoms with Crippen LogP contribution in [0.3, 0.4) is 0 Å². The van der Waals surface area contributed by atoms with Gasteiger partial charge in [0.1, 0.15) is 19.5 Å². The first-order chi connectivity index (χ1) is 9.60. The number of halogens is 1. The monoisotopic (exact) mass is 270 g/mol. The van der Waals surface area contributed by atoms with Crippen molar-refractivity contribution in [1.82, 2.24) is 9.55 Å². The summed E-state index contributed by atoms with van der Waals surface area (Å²) in [6.45, 7) is 1.96. The molecule has 0 N–H and O–H groups in total. The Balaban J connectivity index is 2.11. The fraction of sp³-hybridized carbons (Fsp3) is 0.562. The van der Waals surface area contributed by atoms with Crippen LogP contribution in [0.15, 0.2) is 18.2 Å². The van der Waals surface area contributed by atoms with Gasteiger partial charge in [-0.2, -0.15) is 0 Å². The Labute approximate surface area is 120 Å². The lowest BCUT2D eigenvalue weighted by Gasteiger charge is -2.35. The first kappa shape index (κ1) is 13.7. The highest BCUT2D eigenvalue weighted by Gasteiger charge is 2.29. The summed E-state index contributed by atoms with van der Waals surface area (Å²) >= 11 is 0. The van der Waals surface area contributed by atoms with Crippen LogP contribution in [-0.4, -0.2) is 17.4 Å². The Morgan fingerprint density at radius 2 is 1.80 bits per heavy atom. The Morgan fingerprint density at radius 3 is 2.50 bits per heavy atom. The van der Waals surface area contributed by atoms with Crippen molar-refractivity contribution in [2.24, 2.45) is 0 Å². The summed E-state index contributed by atoms with van der Waals surface area (Å²) in [5.74, 6) is 0.654. The predicted octanol–water partition coefficient (Wildman–Crippen LogP) is 4.05. The lowest BCUT2D eigenvalue weighted by atomic mass is 9.68. The largest absolute Gasteiger partial charge is 0.331 e. The van der Waals surface area contributed by atoms with Crippen LogP contribution >= 0.6 is 0 Å². The van der Waals surface area contributed by atoms with Gasteiger partial charge in [0.2, 0.25) is 0 Å². The van der Waals surface area contributed by atoms with Crippen molar-refractivity contribution in [3.63, 3.8) is 0 Å². The Kier molecular flexibility index (Phi) is 3.57. The van der Waals surface area contributed by atoms with E-state index in [1.807, 2.05) is 6.92 Å². The predicted molar refractivity (Wildman–Crippen MR) is 80.5 cm³/mol. The Bertz CT molecular complexity index is 612. The molecule has 104 valence electrons. The van der Waals surface area contributed by atoms with E-state index in [1.54, 1.807) is 12.1 Å². The average molecular weight is 270 g/mol. The summed E-state index contributed by atoms with van der Waals surface area (Å²) in [5, 5.41) is 0. The molecule has 1 aromatic carbocycles. The van der Waals surface area contributed by atoms with Gasteiger partial charge in [0.05, 0.1) is 11.0 Å². The Hall–Kier alpha value is -1.32. The van der Waals surface area contributed by atoms with Gasteiger partial charge in [-0.25, -0.2) is 9.37 Å². The normalized spacial score (nSPS) is 19.7. The van der Waals surface area contributed by atoms with Gasteiger partial charge in [0.15, 0.2) is 0 Å². The number of benzene rings is 1. The molecule has 2 radical (unpaired) electrons. The van der Waals surface area contributed by atoms with Crippen LogP contribution in [0, 0.1) is 12.7 Å². The van der Waals surface area contributed by atoms with Crippen LogP contribution in [0.1, 0.15) is 50.8 Å². The SMILES string of the molecule is [B]C1(n2c(C)nc3ccc(F)cc32)CCCCCCC1. The quantitative estimate of drug-likeness (QED) is 0.715. The van der Waals surface area contributed by atoms with Crippen molar-refractivity contribution in [3.8, 4) is 0 Å². The zero-order valence-corrected chi connectivity index (χ0v) is 12.0. The lowest BCUT2D eigenvalue weighted by Crippen LogP contribution is -2.35. The van der Waals surface area contributed by atoms with E-state index < -0.39 is 5.44 Å². The van der Waals surface area contributed by atoms with Gasteiger partial charge in [-0.1, -0.05) is 32.1 Å². The van der Waals surface area contributed by atoms with Crippen LogP contribution < -0.4 is 0 Å². The fourth-order valence-corrected chi connectivity index (χ4v) is 3.47. The van der Waals surface area contributed by atoms with E-state index in [-0.39, 0.29) is 5.82 Å². The molecule has 1 aliphatic carbocycles. The maximum atomic E-state index is 13.6. The van der Waals surface area contributed by atoms with Crippen molar-refractivity contribution in [3.05, 3.63) is 29.8 Å². The maximum absolute atomic E-state index is 13.6. The van der Waals surface area contributed by atoms with E-state index in [0.717, 1.165) is 42.5 Å². The summed E-state index contributed by atoms with van der Waals surface area (Å²) in [6, 6.07) is 4.75. The minimum absolute atomic E-state index is 0.229. The molecule has 0 aliphatic heterocycles. The highest BCUT2D eigenvalue weighted by molar-refractivity contribution is 6.14. The number of imidazole rings is 1. The average Bonchev–Trinajstić information content (AvgIpc) is 2.70. The molecule has 0 amide bonds. The van der Waals surface area contributed by atoms with Gasteiger partial charge in [-0.15, -0.1) is 0 Å². The summed E-state index contributed by atoms with van der Waals surface area (Å²) in [7, 11) is 6.71. The maximum Gasteiger partial charge on any atom is 0.125 e. The summed E-state index contributed by atoms with van der Waals surface area (Å²) in [4.78, 5) is 4.54. The second kappa shape index (κ2) is 5.23. The van der Waals surface area contributed by atoms with Crippen molar-refractivity contribution in [1.29, 1.82) is 0 Å². The van der Waals surface area contributed by atoms with Gasteiger partial charge in [-0.05, 0) is 38.0 Å². The topological polar surface area (TPSA) is 17.8 Å². The molecule has 1 aromatic heterocycles. The van der Waals surface area contributed by atoms with Gasteiger partial charge < -0.3 is 4.57 Å². The third-order valence-electron chi connectivity index (χ3n) is 4.45. The highest BCUT2D eigenvalue weighted by Crippen LogP contribution is 2.34. The van der Waals surface area contributed by atoms with Gasteiger partial charge in [-0.3, -0.25) is 0 Å². The molecule has 1 heterocycles. The molecule has 0 spiro atoms. The number of rotatable bonds is 1. The third-order valence-corrected chi connectivity index (χ3v) is 4.45. The van der Waals surface area contributed by atoms with E-state index in [4.69, 9.17) is 7.85 Å². The van der Waals surface area contributed by atoms with E-state index in [0.29, 0.717) is 0 Å². The highest BCUT2D eigenvalue weighted by atomic mass is 19.1. The number of nitrogens with zero attached hydrogens (tertiary/aromatic N) is 2. The van der Waals surface area contributed by atoms with Crippen molar-refractivity contribution < 1.29 is 4.39 Å². The van der Waals surface area contributed by atoms with E-state index in [2.05, 4.69) is 9.55 Å². The molecule has 0 bridgehead atoms. The molecule has 0 saturated heterocycles. The van der Waals surface area contributed by atoms with Gasteiger partial charge in [0, 0.05) is 5.44 Å². The number of hydrogen-bond acceptors (Lipinski definition) is 1. The smallest absolute Gasteiger partial charge is 0.125 e. The molecule has 3 rings (SSSR count). The van der Waals surface area contributed by atoms with Crippen molar-refractivity contribution in [2.75, 3.05) is 0 Å². The van der Waals surface area contributed by atoms with E-state index >= 15 is 0 Å². The van der Waals surface area contributed by atoms with E-state index in [9.17, 15) is 4.39 Å². The summed E-state index contributed by atoms with van der Waals surface area (Å²) in [5.41, 5.74) is 1.23. The van der Waals surface area contributed by atoms with Gasteiger partial charge in [0.25, 0.3) is 0 Å². The summed E-state index contributed by atoms with van der Waals surface area (Å²) in [6.07, 6.45) is 7.91. The number of aryl methyl sites for hydroxylation is 1. The molecule has 1 saturated carbocycles. The second-order valence-corrected chi connectivity index (χ2v) is 6.00. The van der Waals surface area contributed by atoms with Crippen molar-refractivity contribution >= 4 is 18.9 Å². The fourth-order valence-electron chi connectivity index (χ4n) is 3.47. The molecule has 4 heteroatoms. The zero-order chi connectivity index (χ0) is 14.2. The molecular formula is C16H20BFN2. The molecule has 1 fully saturated rings. The molecule has 0 atom stereocenters. The van der Waals surface area contributed by atoms with Crippen molar-refractivity contribution in [2.45, 2.75) is 57.3 Å². The first-order valence-electron chi connectivity index (χ1n) is 7.54. The van der Waals surface area contributed by atoms with Crippen LogP contribution in [-0.2, 0) is 5.44 Å². The minimum atomic E-state index is -0.424. The number of hydrogen-bond donors (Lipinski definition) is 0. The summed E-state index contributed by atoms with van der Waals surface area (Å²) < 4.78 is 15.6. The molecule has 1 aliphatic rings.